The molecule has 0 bridgehead atoms. The maximum Gasteiger partial charge on any atom is 0.270 e. The van der Waals surface area contributed by atoms with Crippen molar-refractivity contribution in [3.63, 3.8) is 0 Å². The number of para-hydroxylation sites is 1. The van der Waals surface area contributed by atoms with Gasteiger partial charge in [-0.15, -0.1) is 11.3 Å². The van der Waals surface area contributed by atoms with Crippen LogP contribution in [0.5, 0.6) is 0 Å². The molecule has 122 valence electrons. The molecule has 0 N–H and O–H groups in total. The fourth-order valence-electron chi connectivity index (χ4n) is 3.08. The number of rotatable bonds is 2. The summed E-state index contributed by atoms with van der Waals surface area (Å²) in [6.45, 7) is 1.35. The number of thiophene rings is 1. The topological polar surface area (TPSA) is 53.0 Å². The SMILES string of the molecule is O=C(C1=NN(c2ccccc2)C(=O)CC1)N1CCc2sccc2C1. The predicted molar refractivity (Wildman–Crippen MR) is 94.0 cm³/mol. The van der Waals surface area contributed by atoms with Gasteiger partial charge in [0.05, 0.1) is 5.69 Å². The number of amides is 2. The largest absolute Gasteiger partial charge is 0.333 e. The lowest BCUT2D eigenvalue weighted by molar-refractivity contribution is -0.125. The number of hydrazone groups is 1. The monoisotopic (exact) mass is 339 g/mol. The van der Waals surface area contributed by atoms with Crippen molar-refractivity contribution < 1.29 is 9.59 Å². The Morgan fingerprint density at radius 1 is 1.08 bits per heavy atom. The van der Waals surface area contributed by atoms with Crippen molar-refractivity contribution >= 4 is 34.6 Å². The fourth-order valence-corrected chi connectivity index (χ4v) is 3.97. The zero-order valence-electron chi connectivity index (χ0n) is 13.1. The molecule has 3 heterocycles. The Morgan fingerprint density at radius 2 is 1.92 bits per heavy atom. The molecular formula is C18H17N3O2S. The van der Waals surface area contributed by atoms with E-state index in [9.17, 15) is 9.59 Å². The van der Waals surface area contributed by atoms with Crippen LogP contribution in [0.25, 0.3) is 0 Å². The Labute approximate surface area is 144 Å². The van der Waals surface area contributed by atoms with Crippen LogP contribution in [0, 0.1) is 0 Å². The van der Waals surface area contributed by atoms with Crippen molar-refractivity contribution in [2.75, 3.05) is 11.6 Å². The van der Waals surface area contributed by atoms with Crippen LogP contribution in [0.15, 0.2) is 46.9 Å². The summed E-state index contributed by atoms with van der Waals surface area (Å²) < 4.78 is 0. The van der Waals surface area contributed by atoms with Crippen LogP contribution in [0.4, 0.5) is 5.69 Å². The Balaban J connectivity index is 1.57. The molecule has 0 aliphatic carbocycles. The summed E-state index contributed by atoms with van der Waals surface area (Å²) >= 11 is 1.75. The third-order valence-corrected chi connectivity index (χ3v) is 5.40. The maximum atomic E-state index is 12.8. The Morgan fingerprint density at radius 3 is 2.75 bits per heavy atom. The van der Waals surface area contributed by atoms with Crippen molar-refractivity contribution in [1.82, 2.24) is 4.90 Å². The van der Waals surface area contributed by atoms with Crippen LogP contribution in [0.2, 0.25) is 0 Å². The molecule has 1 aromatic carbocycles. The van der Waals surface area contributed by atoms with Crippen LogP contribution in [0.1, 0.15) is 23.3 Å². The number of fused-ring (bicyclic) bond motifs is 1. The molecular weight excluding hydrogens is 322 g/mol. The summed E-state index contributed by atoms with van der Waals surface area (Å²) in [6.07, 6.45) is 1.62. The third-order valence-electron chi connectivity index (χ3n) is 4.38. The first kappa shape index (κ1) is 15.1. The van der Waals surface area contributed by atoms with Gasteiger partial charge in [-0.3, -0.25) is 9.59 Å². The fraction of sp³-hybridized carbons (Fsp3) is 0.278. The zero-order chi connectivity index (χ0) is 16.5. The minimum atomic E-state index is -0.0727. The van der Waals surface area contributed by atoms with E-state index >= 15 is 0 Å². The first-order valence-corrected chi connectivity index (χ1v) is 8.90. The van der Waals surface area contributed by atoms with E-state index in [0.29, 0.717) is 37.3 Å². The second kappa shape index (κ2) is 6.20. The van der Waals surface area contributed by atoms with Crippen molar-refractivity contribution in [3.8, 4) is 0 Å². The highest BCUT2D eigenvalue weighted by Crippen LogP contribution is 2.25. The maximum absolute atomic E-state index is 12.8. The van der Waals surface area contributed by atoms with E-state index in [0.717, 1.165) is 6.42 Å². The van der Waals surface area contributed by atoms with Crippen molar-refractivity contribution in [1.29, 1.82) is 0 Å². The normalized spacial score (nSPS) is 17.5. The van der Waals surface area contributed by atoms with Gasteiger partial charge in [-0.2, -0.15) is 5.10 Å². The number of benzene rings is 1. The van der Waals surface area contributed by atoms with Gasteiger partial charge in [0.1, 0.15) is 5.71 Å². The first-order valence-electron chi connectivity index (χ1n) is 8.02. The molecule has 0 saturated heterocycles. The molecule has 4 rings (SSSR count). The van der Waals surface area contributed by atoms with Gasteiger partial charge in [-0.05, 0) is 35.6 Å². The summed E-state index contributed by atoms with van der Waals surface area (Å²) in [5, 5.41) is 7.80. The molecule has 2 aliphatic heterocycles. The third kappa shape index (κ3) is 2.73. The van der Waals surface area contributed by atoms with E-state index in [-0.39, 0.29) is 11.8 Å². The van der Waals surface area contributed by atoms with E-state index in [1.165, 1.54) is 15.4 Å². The number of hydrogen-bond donors (Lipinski definition) is 0. The number of nitrogens with zero attached hydrogens (tertiary/aromatic N) is 3. The average Bonchev–Trinajstić information content (AvgIpc) is 3.10. The molecule has 2 aliphatic rings. The second-order valence-corrected chi connectivity index (χ2v) is 6.93. The summed E-state index contributed by atoms with van der Waals surface area (Å²) in [7, 11) is 0. The molecule has 0 saturated carbocycles. The van der Waals surface area contributed by atoms with E-state index < -0.39 is 0 Å². The molecule has 5 nitrogen and oxygen atoms in total. The Bertz CT molecular complexity index is 813. The lowest BCUT2D eigenvalue weighted by atomic mass is 10.1. The highest BCUT2D eigenvalue weighted by molar-refractivity contribution is 7.10. The second-order valence-electron chi connectivity index (χ2n) is 5.93. The Kier molecular flexibility index (Phi) is 3.90. The smallest absolute Gasteiger partial charge is 0.270 e. The Hall–Kier alpha value is -2.47. The standard InChI is InChI=1S/C18H17N3O2S/c22-17-7-6-15(19-21(17)14-4-2-1-3-5-14)18(23)20-10-8-16-13(12-20)9-11-24-16/h1-5,9,11H,6-8,10,12H2. The van der Waals surface area contributed by atoms with Crippen LogP contribution < -0.4 is 5.01 Å². The average molecular weight is 339 g/mol. The van der Waals surface area contributed by atoms with E-state index in [1.54, 1.807) is 11.3 Å². The molecule has 1 aromatic heterocycles. The van der Waals surface area contributed by atoms with Crippen LogP contribution in [0.3, 0.4) is 0 Å². The summed E-state index contributed by atoms with van der Waals surface area (Å²) in [5.41, 5.74) is 2.40. The molecule has 2 aromatic rings. The van der Waals surface area contributed by atoms with Gasteiger partial charge in [0.25, 0.3) is 5.91 Å². The molecule has 2 amide bonds. The molecule has 0 fully saturated rings. The van der Waals surface area contributed by atoms with E-state index in [2.05, 4.69) is 16.5 Å². The number of carbonyl (C=O) groups excluding carboxylic acids is 2. The summed E-state index contributed by atoms with van der Waals surface area (Å²) in [5.74, 6) is -0.128. The van der Waals surface area contributed by atoms with Gasteiger partial charge in [0.2, 0.25) is 5.91 Å². The highest BCUT2D eigenvalue weighted by atomic mass is 32.1. The first-order chi connectivity index (χ1) is 11.7. The lowest BCUT2D eigenvalue weighted by Gasteiger charge is -2.29. The number of carbonyl (C=O) groups is 2. The minimum absolute atomic E-state index is 0.0553. The van der Waals surface area contributed by atoms with Crippen LogP contribution in [-0.4, -0.2) is 29.0 Å². The van der Waals surface area contributed by atoms with Crippen LogP contribution >= 0.6 is 11.3 Å². The van der Waals surface area contributed by atoms with Gasteiger partial charge in [-0.1, -0.05) is 18.2 Å². The predicted octanol–water partition coefficient (Wildman–Crippen LogP) is 2.82. The summed E-state index contributed by atoms with van der Waals surface area (Å²) in [6, 6.07) is 11.3. The van der Waals surface area contributed by atoms with Gasteiger partial charge >= 0.3 is 0 Å². The molecule has 0 radical (unpaired) electrons. The number of anilines is 1. The van der Waals surface area contributed by atoms with Crippen molar-refractivity contribution in [2.45, 2.75) is 25.8 Å². The van der Waals surface area contributed by atoms with Gasteiger partial charge in [0.15, 0.2) is 0 Å². The zero-order valence-corrected chi connectivity index (χ0v) is 14.0. The molecule has 0 spiro atoms. The van der Waals surface area contributed by atoms with E-state index in [1.807, 2.05) is 35.2 Å². The molecule has 0 unspecified atom stereocenters. The quantitative estimate of drug-likeness (QED) is 0.845. The number of hydrogen-bond acceptors (Lipinski definition) is 4. The van der Waals surface area contributed by atoms with Gasteiger partial charge < -0.3 is 4.90 Å². The van der Waals surface area contributed by atoms with Gasteiger partial charge in [-0.25, -0.2) is 5.01 Å². The van der Waals surface area contributed by atoms with Crippen molar-refractivity contribution in [3.05, 3.63) is 52.2 Å². The highest BCUT2D eigenvalue weighted by Gasteiger charge is 2.30. The molecule has 6 heteroatoms. The van der Waals surface area contributed by atoms with E-state index in [4.69, 9.17) is 0 Å². The van der Waals surface area contributed by atoms with Crippen LogP contribution in [-0.2, 0) is 22.6 Å². The summed E-state index contributed by atoms with van der Waals surface area (Å²) in [4.78, 5) is 28.2. The molecule has 24 heavy (non-hydrogen) atoms. The van der Waals surface area contributed by atoms with Crippen molar-refractivity contribution in [2.24, 2.45) is 5.10 Å². The minimum Gasteiger partial charge on any atom is -0.333 e. The molecule has 0 atom stereocenters. The van der Waals surface area contributed by atoms with Gasteiger partial charge in [0, 0.05) is 30.8 Å². The lowest BCUT2D eigenvalue weighted by Crippen LogP contribution is -2.43.